The Hall–Kier alpha value is -1.78. The number of methoxy groups -OCH3 is 2. The third-order valence-electron chi connectivity index (χ3n) is 3.02. The lowest BCUT2D eigenvalue weighted by atomic mass is 10.1. The van der Waals surface area contributed by atoms with Crippen LogP contribution < -0.4 is 4.90 Å². The van der Waals surface area contributed by atoms with Crippen molar-refractivity contribution in [3.8, 4) is 0 Å². The van der Waals surface area contributed by atoms with Crippen LogP contribution in [0.2, 0.25) is 0 Å². The molecule has 2 heterocycles. The first-order valence-electron chi connectivity index (χ1n) is 5.97. The quantitative estimate of drug-likeness (QED) is 0.530. The molecular weight excluding hydrogens is 393 g/mol. The van der Waals surface area contributed by atoms with Crippen LogP contribution in [0.5, 0.6) is 0 Å². The zero-order valence-corrected chi connectivity index (χ0v) is 13.5. The van der Waals surface area contributed by atoms with Gasteiger partial charge in [0.1, 0.15) is 3.70 Å². The Morgan fingerprint density at radius 1 is 1.38 bits per heavy atom. The Morgan fingerprint density at radius 2 is 2.10 bits per heavy atom. The lowest BCUT2D eigenvalue weighted by Gasteiger charge is -2.17. The third-order valence-corrected chi connectivity index (χ3v) is 3.54. The number of carbonyl (C=O) groups is 3. The molecular formula is C12H12IN3O5. The minimum absolute atomic E-state index is 0.0148. The Kier molecular flexibility index (Phi) is 4.70. The summed E-state index contributed by atoms with van der Waals surface area (Å²) in [6.07, 6.45) is 1.45. The van der Waals surface area contributed by atoms with Gasteiger partial charge in [0, 0.05) is 13.0 Å². The molecule has 0 spiro atoms. The average Bonchev–Trinajstić information content (AvgIpc) is 2.87. The number of hydrogen-bond acceptors (Lipinski definition) is 7. The van der Waals surface area contributed by atoms with Crippen molar-refractivity contribution in [2.24, 2.45) is 5.92 Å². The highest BCUT2D eigenvalue weighted by Gasteiger charge is 2.38. The minimum atomic E-state index is -0.690. The summed E-state index contributed by atoms with van der Waals surface area (Å²) in [5.74, 6) is -1.95. The smallest absolute Gasteiger partial charge is 0.360 e. The molecule has 1 unspecified atom stereocenters. The standard InChI is InChI=1S/C12H12IN3O5/c1-20-11(18)6-3-8(17)16(5-6)10-9(12(19)21-2)15-7(13)4-14-10/h4,6H,3,5H2,1-2H3. The molecule has 1 aromatic heterocycles. The van der Waals surface area contributed by atoms with Gasteiger partial charge in [-0.15, -0.1) is 0 Å². The van der Waals surface area contributed by atoms with Crippen LogP contribution in [0.25, 0.3) is 0 Å². The highest BCUT2D eigenvalue weighted by Crippen LogP contribution is 2.27. The van der Waals surface area contributed by atoms with Gasteiger partial charge in [-0.3, -0.25) is 14.5 Å². The molecule has 9 heteroatoms. The van der Waals surface area contributed by atoms with Gasteiger partial charge in [0.15, 0.2) is 11.5 Å². The number of hydrogen-bond donors (Lipinski definition) is 0. The number of ether oxygens (including phenoxy) is 2. The summed E-state index contributed by atoms with van der Waals surface area (Å²) < 4.78 is 9.78. The van der Waals surface area contributed by atoms with Crippen molar-refractivity contribution in [2.75, 3.05) is 25.7 Å². The van der Waals surface area contributed by atoms with Crippen molar-refractivity contribution in [3.05, 3.63) is 15.6 Å². The molecule has 8 nitrogen and oxygen atoms in total. The lowest BCUT2D eigenvalue weighted by Crippen LogP contribution is -2.29. The van der Waals surface area contributed by atoms with Crippen LogP contribution in [0.3, 0.4) is 0 Å². The summed E-state index contributed by atoms with van der Waals surface area (Å²) in [4.78, 5) is 44.7. The Morgan fingerprint density at radius 3 is 2.71 bits per heavy atom. The molecule has 1 fully saturated rings. The maximum Gasteiger partial charge on any atom is 0.360 e. The van der Waals surface area contributed by atoms with Gasteiger partial charge >= 0.3 is 11.9 Å². The predicted octanol–water partition coefficient (Wildman–Crippen LogP) is 0.394. The highest BCUT2D eigenvalue weighted by atomic mass is 127. The number of carbonyl (C=O) groups excluding carboxylic acids is 3. The SMILES string of the molecule is COC(=O)c1nc(I)cnc1N1CC(C(=O)OC)CC1=O. The molecule has 1 atom stereocenters. The molecule has 1 saturated heterocycles. The molecule has 1 aliphatic heterocycles. The van der Waals surface area contributed by atoms with Crippen molar-refractivity contribution in [2.45, 2.75) is 6.42 Å². The van der Waals surface area contributed by atoms with E-state index in [2.05, 4.69) is 19.4 Å². The fourth-order valence-electron chi connectivity index (χ4n) is 2.03. The first kappa shape index (κ1) is 15.6. The fraction of sp³-hybridized carbons (Fsp3) is 0.417. The van der Waals surface area contributed by atoms with Gasteiger partial charge < -0.3 is 9.47 Å². The molecule has 2 rings (SSSR count). The number of anilines is 1. The second-order valence-electron chi connectivity index (χ2n) is 4.29. The second kappa shape index (κ2) is 6.33. The van der Waals surface area contributed by atoms with Crippen molar-refractivity contribution in [1.82, 2.24) is 9.97 Å². The monoisotopic (exact) mass is 405 g/mol. The molecule has 1 aliphatic rings. The molecule has 0 aromatic carbocycles. The van der Waals surface area contributed by atoms with E-state index in [4.69, 9.17) is 0 Å². The Bertz CT molecular complexity index is 607. The van der Waals surface area contributed by atoms with E-state index in [0.717, 1.165) is 0 Å². The van der Waals surface area contributed by atoms with Crippen molar-refractivity contribution >= 4 is 46.3 Å². The highest BCUT2D eigenvalue weighted by molar-refractivity contribution is 14.1. The lowest BCUT2D eigenvalue weighted by molar-refractivity contribution is -0.145. The summed E-state index contributed by atoms with van der Waals surface area (Å²) in [6, 6.07) is 0. The number of nitrogens with zero attached hydrogens (tertiary/aromatic N) is 3. The summed E-state index contributed by atoms with van der Waals surface area (Å²) >= 11 is 1.90. The van der Waals surface area contributed by atoms with Crippen LogP contribution in [0.1, 0.15) is 16.9 Å². The van der Waals surface area contributed by atoms with Crippen molar-refractivity contribution in [3.63, 3.8) is 0 Å². The van der Waals surface area contributed by atoms with E-state index in [9.17, 15) is 14.4 Å². The first-order valence-corrected chi connectivity index (χ1v) is 7.04. The van der Waals surface area contributed by atoms with Crippen molar-refractivity contribution < 1.29 is 23.9 Å². The van der Waals surface area contributed by atoms with E-state index in [1.807, 2.05) is 22.6 Å². The van der Waals surface area contributed by atoms with Gasteiger partial charge in [0.2, 0.25) is 5.91 Å². The van der Waals surface area contributed by atoms with Gasteiger partial charge in [-0.25, -0.2) is 14.8 Å². The summed E-state index contributed by atoms with van der Waals surface area (Å²) in [6.45, 7) is 0.102. The number of esters is 2. The zero-order chi connectivity index (χ0) is 15.6. The fourth-order valence-corrected chi connectivity index (χ4v) is 2.41. The average molecular weight is 405 g/mol. The van der Waals surface area contributed by atoms with E-state index in [1.54, 1.807) is 0 Å². The van der Waals surface area contributed by atoms with Crippen LogP contribution in [0.15, 0.2) is 6.20 Å². The zero-order valence-electron chi connectivity index (χ0n) is 11.3. The molecule has 0 radical (unpaired) electrons. The number of amides is 1. The molecule has 0 saturated carbocycles. The first-order chi connectivity index (χ1) is 9.97. The maximum atomic E-state index is 12.0. The Balaban J connectivity index is 2.36. The van der Waals surface area contributed by atoms with E-state index in [0.29, 0.717) is 3.70 Å². The minimum Gasteiger partial charge on any atom is -0.469 e. The van der Waals surface area contributed by atoms with E-state index >= 15 is 0 Å². The molecule has 0 aliphatic carbocycles. The van der Waals surface area contributed by atoms with Gasteiger partial charge in [0.05, 0.1) is 26.3 Å². The normalized spacial score (nSPS) is 17.8. The van der Waals surface area contributed by atoms with Crippen LogP contribution >= 0.6 is 22.6 Å². The molecule has 21 heavy (non-hydrogen) atoms. The molecule has 0 N–H and O–H groups in total. The van der Waals surface area contributed by atoms with Crippen LogP contribution in [0.4, 0.5) is 5.82 Å². The van der Waals surface area contributed by atoms with Crippen LogP contribution in [-0.2, 0) is 19.1 Å². The number of rotatable bonds is 3. The molecule has 1 aromatic rings. The third kappa shape index (κ3) is 3.12. The topological polar surface area (TPSA) is 98.7 Å². The van der Waals surface area contributed by atoms with Gasteiger partial charge in [-0.2, -0.15) is 0 Å². The maximum absolute atomic E-state index is 12.0. The number of halogens is 1. The summed E-state index contributed by atoms with van der Waals surface area (Å²) in [5, 5.41) is 0. The van der Waals surface area contributed by atoms with Gasteiger partial charge in [-0.05, 0) is 22.6 Å². The molecule has 0 bridgehead atoms. The van der Waals surface area contributed by atoms with Crippen LogP contribution in [-0.4, -0.2) is 48.6 Å². The summed E-state index contributed by atoms with van der Waals surface area (Å²) in [5.41, 5.74) is -0.0525. The second-order valence-corrected chi connectivity index (χ2v) is 5.39. The largest absolute Gasteiger partial charge is 0.469 e. The van der Waals surface area contributed by atoms with Gasteiger partial charge in [-0.1, -0.05) is 0 Å². The Labute approximate surface area is 134 Å². The van der Waals surface area contributed by atoms with Crippen LogP contribution in [0, 0.1) is 9.62 Å². The van der Waals surface area contributed by atoms with Gasteiger partial charge in [0.25, 0.3) is 0 Å². The molecule has 1 amide bonds. The van der Waals surface area contributed by atoms with E-state index < -0.39 is 17.9 Å². The summed E-state index contributed by atoms with van der Waals surface area (Å²) in [7, 11) is 2.48. The predicted molar refractivity (Wildman–Crippen MR) is 78.6 cm³/mol. The van der Waals surface area contributed by atoms with Crippen molar-refractivity contribution in [1.29, 1.82) is 0 Å². The number of aromatic nitrogens is 2. The van der Waals surface area contributed by atoms with E-state index in [-0.39, 0.29) is 30.4 Å². The molecule has 112 valence electrons. The van der Waals surface area contributed by atoms with E-state index in [1.165, 1.54) is 25.3 Å².